The lowest BCUT2D eigenvalue weighted by molar-refractivity contribution is -0.142. The third kappa shape index (κ3) is 4.86. The Labute approximate surface area is 165 Å². The molecule has 0 radical (unpaired) electrons. The van der Waals surface area contributed by atoms with Crippen molar-refractivity contribution in [2.45, 2.75) is 25.6 Å². The number of hydrogen-bond acceptors (Lipinski definition) is 7. The van der Waals surface area contributed by atoms with Crippen LogP contribution in [0.4, 0.5) is 5.13 Å². The topological polar surface area (TPSA) is 86.1 Å². The number of hydrogen-bond donors (Lipinski definition) is 1. The Balaban J connectivity index is 1.69. The zero-order valence-corrected chi connectivity index (χ0v) is 16.7. The molecule has 0 spiro atoms. The zero-order chi connectivity index (χ0) is 19.2. The average Bonchev–Trinajstić information content (AvgIpc) is 3.20. The molecule has 2 aromatic heterocycles. The molecule has 0 aliphatic carbocycles. The smallest absolute Gasteiger partial charge is 0.311 e. The Morgan fingerprint density at radius 1 is 1.30 bits per heavy atom. The molecular weight excluding hydrogens is 384 g/mol. The van der Waals surface area contributed by atoms with E-state index in [-0.39, 0.29) is 24.8 Å². The second-order valence-corrected chi connectivity index (χ2v) is 7.43. The van der Waals surface area contributed by atoms with E-state index in [1.807, 2.05) is 35.1 Å². The van der Waals surface area contributed by atoms with Crippen LogP contribution in [0.25, 0.3) is 11.0 Å². The fourth-order valence-corrected chi connectivity index (χ4v) is 3.85. The number of esters is 1. The quantitative estimate of drug-likeness (QED) is 0.581. The summed E-state index contributed by atoms with van der Waals surface area (Å²) in [4.78, 5) is 32.9. The van der Waals surface area contributed by atoms with Gasteiger partial charge in [0, 0.05) is 5.38 Å². The first kappa shape index (κ1) is 19.4. The van der Waals surface area contributed by atoms with Crippen LogP contribution >= 0.6 is 23.1 Å². The standard InChI is InChI=1S/C18H20N4O3S2/c1-3-25-17(24)8-12-10-27-18(19-12)21-16(23)9-22-14-7-5-4-6-13(14)20-15(22)11-26-2/h4-7,10H,3,8-9,11H2,1-2H3,(H,19,21,23). The predicted molar refractivity (Wildman–Crippen MR) is 108 cm³/mol. The Bertz CT molecular complexity index is 951. The van der Waals surface area contributed by atoms with Crippen molar-refractivity contribution >= 4 is 51.1 Å². The molecule has 3 aromatic rings. The Morgan fingerprint density at radius 3 is 2.89 bits per heavy atom. The third-order valence-corrected chi connectivity index (χ3v) is 5.09. The van der Waals surface area contributed by atoms with E-state index in [9.17, 15) is 9.59 Å². The summed E-state index contributed by atoms with van der Waals surface area (Å²) in [7, 11) is 0. The second-order valence-electron chi connectivity index (χ2n) is 5.71. The number of para-hydroxylation sites is 2. The highest BCUT2D eigenvalue weighted by Gasteiger charge is 2.15. The van der Waals surface area contributed by atoms with E-state index in [2.05, 4.69) is 15.3 Å². The summed E-state index contributed by atoms with van der Waals surface area (Å²) in [5.74, 6) is 1.08. The van der Waals surface area contributed by atoms with Crippen molar-refractivity contribution in [3.63, 3.8) is 0 Å². The number of carbonyl (C=O) groups excluding carboxylic acids is 2. The first-order valence-electron chi connectivity index (χ1n) is 8.43. The molecule has 0 aliphatic heterocycles. The van der Waals surface area contributed by atoms with Gasteiger partial charge in [-0.3, -0.25) is 9.59 Å². The monoisotopic (exact) mass is 404 g/mol. The van der Waals surface area contributed by atoms with E-state index in [1.165, 1.54) is 11.3 Å². The van der Waals surface area contributed by atoms with E-state index in [4.69, 9.17) is 4.74 Å². The molecule has 0 unspecified atom stereocenters. The Hall–Kier alpha value is -2.39. The van der Waals surface area contributed by atoms with Gasteiger partial charge in [-0.15, -0.1) is 11.3 Å². The van der Waals surface area contributed by atoms with Crippen LogP contribution in [0, 0.1) is 0 Å². The number of fused-ring (bicyclic) bond motifs is 1. The minimum absolute atomic E-state index is 0.101. The van der Waals surface area contributed by atoms with Crippen molar-refractivity contribution in [2.24, 2.45) is 0 Å². The van der Waals surface area contributed by atoms with E-state index in [0.29, 0.717) is 17.4 Å². The number of rotatable bonds is 8. The normalized spacial score (nSPS) is 10.9. The number of ether oxygens (including phenoxy) is 1. The van der Waals surface area contributed by atoms with Gasteiger partial charge in [0.2, 0.25) is 5.91 Å². The van der Waals surface area contributed by atoms with Gasteiger partial charge >= 0.3 is 5.97 Å². The molecule has 0 aliphatic rings. The number of amides is 1. The molecular formula is C18H20N4O3S2. The van der Waals surface area contributed by atoms with Gasteiger partial charge in [0.1, 0.15) is 12.4 Å². The SMILES string of the molecule is CCOC(=O)Cc1csc(NC(=O)Cn2c(CSC)nc3ccccc32)n1. The number of nitrogens with one attached hydrogen (secondary N) is 1. The molecule has 0 bridgehead atoms. The van der Waals surface area contributed by atoms with Gasteiger partial charge < -0.3 is 14.6 Å². The van der Waals surface area contributed by atoms with Crippen LogP contribution in [0.5, 0.6) is 0 Å². The van der Waals surface area contributed by atoms with Gasteiger partial charge in [-0.05, 0) is 25.3 Å². The molecule has 0 saturated heterocycles. The molecule has 3 rings (SSSR count). The summed E-state index contributed by atoms with van der Waals surface area (Å²) in [6, 6.07) is 7.77. The predicted octanol–water partition coefficient (Wildman–Crippen LogP) is 3.10. The molecule has 1 N–H and O–H groups in total. The molecule has 0 atom stereocenters. The van der Waals surface area contributed by atoms with Gasteiger partial charge in [0.05, 0.1) is 35.5 Å². The first-order chi connectivity index (χ1) is 13.1. The summed E-state index contributed by atoms with van der Waals surface area (Å²) in [6.07, 6.45) is 2.11. The largest absolute Gasteiger partial charge is 0.466 e. The van der Waals surface area contributed by atoms with Crippen LogP contribution in [0.2, 0.25) is 0 Å². The zero-order valence-electron chi connectivity index (χ0n) is 15.1. The van der Waals surface area contributed by atoms with Crippen molar-refractivity contribution in [3.8, 4) is 0 Å². The minimum Gasteiger partial charge on any atom is -0.466 e. The summed E-state index contributed by atoms with van der Waals surface area (Å²) < 4.78 is 6.83. The Kier molecular flexibility index (Phi) is 6.46. The summed E-state index contributed by atoms with van der Waals surface area (Å²) in [6.45, 7) is 2.25. The van der Waals surface area contributed by atoms with E-state index < -0.39 is 0 Å². The highest BCUT2D eigenvalue weighted by atomic mass is 32.2. The number of benzene rings is 1. The molecule has 27 heavy (non-hydrogen) atoms. The number of nitrogens with zero attached hydrogens (tertiary/aromatic N) is 3. The molecule has 1 amide bonds. The lowest BCUT2D eigenvalue weighted by Gasteiger charge is -2.08. The molecule has 9 heteroatoms. The lowest BCUT2D eigenvalue weighted by Crippen LogP contribution is -2.20. The van der Waals surface area contributed by atoms with Gasteiger partial charge in [-0.1, -0.05) is 12.1 Å². The van der Waals surface area contributed by atoms with E-state index in [0.717, 1.165) is 22.6 Å². The summed E-state index contributed by atoms with van der Waals surface area (Å²) in [5, 5.41) is 5.02. The molecule has 0 fully saturated rings. The molecule has 2 heterocycles. The third-order valence-electron chi connectivity index (χ3n) is 3.74. The maximum atomic E-state index is 12.5. The van der Waals surface area contributed by atoms with Crippen molar-refractivity contribution in [1.29, 1.82) is 0 Å². The van der Waals surface area contributed by atoms with Gasteiger partial charge in [0.25, 0.3) is 0 Å². The van der Waals surface area contributed by atoms with Crippen molar-refractivity contribution in [3.05, 3.63) is 41.2 Å². The maximum Gasteiger partial charge on any atom is 0.311 e. The van der Waals surface area contributed by atoms with Crippen LogP contribution in [0.15, 0.2) is 29.6 Å². The lowest BCUT2D eigenvalue weighted by atomic mass is 10.3. The van der Waals surface area contributed by atoms with Crippen molar-refractivity contribution < 1.29 is 14.3 Å². The summed E-state index contributed by atoms with van der Waals surface area (Å²) in [5.41, 5.74) is 2.39. The van der Waals surface area contributed by atoms with Gasteiger partial charge in [-0.2, -0.15) is 11.8 Å². The Morgan fingerprint density at radius 2 is 2.11 bits per heavy atom. The van der Waals surface area contributed by atoms with Crippen LogP contribution in [-0.4, -0.2) is 39.3 Å². The van der Waals surface area contributed by atoms with Gasteiger partial charge in [0.15, 0.2) is 5.13 Å². The molecule has 7 nitrogen and oxygen atoms in total. The first-order valence-corrected chi connectivity index (χ1v) is 10.7. The molecule has 1 aromatic carbocycles. The fourth-order valence-electron chi connectivity index (χ4n) is 2.65. The number of thioether (sulfide) groups is 1. The highest BCUT2D eigenvalue weighted by Crippen LogP contribution is 2.20. The number of aromatic nitrogens is 3. The van der Waals surface area contributed by atoms with Crippen molar-refractivity contribution in [1.82, 2.24) is 14.5 Å². The highest BCUT2D eigenvalue weighted by molar-refractivity contribution is 7.97. The number of imidazole rings is 1. The van der Waals surface area contributed by atoms with E-state index >= 15 is 0 Å². The molecule has 0 saturated carbocycles. The number of carbonyl (C=O) groups is 2. The maximum absolute atomic E-state index is 12.5. The fraction of sp³-hybridized carbons (Fsp3) is 0.333. The number of thiazole rings is 1. The van der Waals surface area contributed by atoms with E-state index in [1.54, 1.807) is 24.1 Å². The van der Waals surface area contributed by atoms with Crippen molar-refractivity contribution in [2.75, 3.05) is 18.2 Å². The molecule has 142 valence electrons. The average molecular weight is 405 g/mol. The van der Waals surface area contributed by atoms with Crippen LogP contribution in [-0.2, 0) is 33.0 Å². The summed E-state index contributed by atoms with van der Waals surface area (Å²) >= 11 is 2.95. The van der Waals surface area contributed by atoms with Crippen LogP contribution < -0.4 is 5.32 Å². The van der Waals surface area contributed by atoms with Crippen LogP contribution in [0.3, 0.4) is 0 Å². The minimum atomic E-state index is -0.327. The number of anilines is 1. The van der Waals surface area contributed by atoms with Gasteiger partial charge in [-0.25, -0.2) is 9.97 Å². The second kappa shape index (κ2) is 9.01. The van der Waals surface area contributed by atoms with Crippen LogP contribution in [0.1, 0.15) is 18.4 Å².